The van der Waals surface area contributed by atoms with Crippen molar-refractivity contribution in [3.05, 3.63) is 40.0 Å². The zero-order valence-electron chi connectivity index (χ0n) is 12.3. The van der Waals surface area contributed by atoms with Crippen molar-refractivity contribution in [1.29, 1.82) is 0 Å². The minimum atomic E-state index is -1.04. The van der Waals surface area contributed by atoms with E-state index in [2.05, 4.69) is 9.97 Å². The number of thiazole rings is 1. The number of pyridine rings is 1. The maximum absolute atomic E-state index is 13.9. The molecule has 0 aromatic carbocycles. The topological polar surface area (TPSA) is 55.3 Å². The number of aryl methyl sites for hydroxylation is 1. The molecule has 1 saturated heterocycles. The van der Waals surface area contributed by atoms with Gasteiger partial charge in [0.2, 0.25) is 5.88 Å². The number of rotatable bonds is 3. The summed E-state index contributed by atoms with van der Waals surface area (Å²) in [5.74, 6) is -0.0215. The third-order valence-electron chi connectivity index (χ3n) is 3.63. The highest BCUT2D eigenvalue weighted by molar-refractivity contribution is 7.09. The van der Waals surface area contributed by atoms with Crippen LogP contribution in [0.25, 0.3) is 0 Å². The number of carbonyl (C=O) groups excluding carboxylic acids is 1. The number of ether oxygens (including phenoxy) is 1. The molecule has 0 unspecified atom stereocenters. The van der Waals surface area contributed by atoms with Crippen molar-refractivity contribution in [3.8, 4) is 5.88 Å². The number of halogens is 1. The average molecular weight is 321 g/mol. The summed E-state index contributed by atoms with van der Waals surface area (Å²) in [7, 11) is 1.46. The molecule has 0 saturated carbocycles. The first-order chi connectivity index (χ1) is 10.6. The third kappa shape index (κ3) is 2.68. The van der Waals surface area contributed by atoms with Crippen LogP contribution in [0.4, 0.5) is 4.39 Å². The van der Waals surface area contributed by atoms with Crippen LogP contribution in [0.5, 0.6) is 5.88 Å². The minimum absolute atomic E-state index is 0.0696. The summed E-state index contributed by atoms with van der Waals surface area (Å²) in [5, 5.41) is 2.68. The Kier molecular flexibility index (Phi) is 4.06. The summed E-state index contributed by atoms with van der Waals surface area (Å²) in [6.45, 7) is 1.96. The lowest BCUT2D eigenvalue weighted by molar-refractivity contribution is 0.0724. The van der Waals surface area contributed by atoms with E-state index in [0.29, 0.717) is 5.56 Å². The molecule has 7 heteroatoms. The Hall–Kier alpha value is -2.02. The summed E-state index contributed by atoms with van der Waals surface area (Å²) in [5.41, 5.74) is 1.23. The molecule has 2 aromatic rings. The first-order valence-electron chi connectivity index (χ1n) is 6.96. The fourth-order valence-corrected chi connectivity index (χ4v) is 3.56. The fraction of sp³-hybridized carbons (Fsp3) is 0.400. The quantitative estimate of drug-likeness (QED) is 0.872. The predicted molar refractivity (Wildman–Crippen MR) is 80.9 cm³/mol. The predicted octanol–water partition coefficient (Wildman–Crippen LogP) is 2.78. The van der Waals surface area contributed by atoms with E-state index in [1.165, 1.54) is 23.3 Å². The molecule has 0 bridgehead atoms. The number of alkyl halides is 1. The van der Waals surface area contributed by atoms with Gasteiger partial charge in [0.25, 0.3) is 5.91 Å². The molecule has 116 valence electrons. The van der Waals surface area contributed by atoms with Gasteiger partial charge in [0.05, 0.1) is 19.7 Å². The zero-order chi connectivity index (χ0) is 15.7. The van der Waals surface area contributed by atoms with Crippen LogP contribution in [0.3, 0.4) is 0 Å². The molecule has 3 heterocycles. The highest BCUT2D eigenvalue weighted by Crippen LogP contribution is 2.36. The number of methoxy groups -OCH3 is 1. The summed E-state index contributed by atoms with van der Waals surface area (Å²) >= 11 is 1.46. The molecule has 0 aliphatic carbocycles. The highest BCUT2D eigenvalue weighted by atomic mass is 32.1. The Morgan fingerprint density at radius 3 is 3.05 bits per heavy atom. The van der Waals surface area contributed by atoms with Crippen LogP contribution in [0.1, 0.15) is 33.5 Å². The monoisotopic (exact) mass is 321 g/mol. The summed E-state index contributed by atoms with van der Waals surface area (Å²) in [6, 6.07) is 2.98. The molecule has 1 amide bonds. The molecule has 1 fully saturated rings. The van der Waals surface area contributed by atoms with Crippen molar-refractivity contribution in [2.75, 3.05) is 13.7 Å². The number of aromatic nitrogens is 2. The SMILES string of the molecule is COc1ncccc1C(=O)N1C[C@@H](F)C[C@@H]1c1nc(C)cs1. The molecule has 0 N–H and O–H groups in total. The summed E-state index contributed by atoms with van der Waals surface area (Å²) < 4.78 is 19.0. The highest BCUT2D eigenvalue weighted by Gasteiger charge is 2.39. The second kappa shape index (κ2) is 6.00. The van der Waals surface area contributed by atoms with Gasteiger partial charge in [-0.1, -0.05) is 0 Å². The number of nitrogens with zero attached hydrogens (tertiary/aromatic N) is 3. The van der Waals surface area contributed by atoms with Gasteiger partial charge in [-0.3, -0.25) is 4.79 Å². The van der Waals surface area contributed by atoms with Crippen LogP contribution in [0.15, 0.2) is 23.7 Å². The van der Waals surface area contributed by atoms with Crippen molar-refractivity contribution >= 4 is 17.2 Å². The van der Waals surface area contributed by atoms with Crippen molar-refractivity contribution in [3.63, 3.8) is 0 Å². The van der Waals surface area contributed by atoms with E-state index >= 15 is 0 Å². The van der Waals surface area contributed by atoms with E-state index in [1.807, 2.05) is 12.3 Å². The van der Waals surface area contributed by atoms with Gasteiger partial charge in [-0.15, -0.1) is 11.3 Å². The average Bonchev–Trinajstić information content (AvgIpc) is 3.12. The Bertz CT molecular complexity index is 691. The molecule has 2 atom stereocenters. The van der Waals surface area contributed by atoms with E-state index in [9.17, 15) is 9.18 Å². The van der Waals surface area contributed by atoms with Crippen molar-refractivity contribution in [2.45, 2.75) is 25.6 Å². The van der Waals surface area contributed by atoms with Gasteiger partial charge < -0.3 is 9.64 Å². The standard InChI is InChI=1S/C15H16FN3O2S/c1-9-8-22-14(18-9)12-6-10(16)7-19(12)15(20)11-4-3-5-17-13(11)21-2/h3-5,8,10,12H,6-7H2,1-2H3/t10-,12+/m0/s1. The Morgan fingerprint density at radius 2 is 2.36 bits per heavy atom. The van der Waals surface area contributed by atoms with E-state index in [0.717, 1.165) is 10.7 Å². The maximum atomic E-state index is 13.9. The first-order valence-corrected chi connectivity index (χ1v) is 7.84. The van der Waals surface area contributed by atoms with Crippen molar-refractivity contribution in [2.24, 2.45) is 0 Å². The van der Waals surface area contributed by atoms with Gasteiger partial charge in [0, 0.05) is 23.7 Å². The Balaban J connectivity index is 1.93. The number of likely N-dealkylation sites (tertiary alicyclic amines) is 1. The molecule has 3 rings (SSSR count). The second-order valence-electron chi connectivity index (χ2n) is 5.19. The number of carbonyl (C=O) groups is 1. The van der Waals surface area contributed by atoms with Crippen LogP contribution in [-0.4, -0.2) is 40.6 Å². The molecule has 0 spiro atoms. The lowest BCUT2D eigenvalue weighted by Crippen LogP contribution is -2.31. The number of hydrogen-bond donors (Lipinski definition) is 0. The first kappa shape index (κ1) is 14.9. The normalized spacial score (nSPS) is 21.1. The molecule has 1 aliphatic heterocycles. The van der Waals surface area contributed by atoms with Gasteiger partial charge >= 0.3 is 0 Å². The maximum Gasteiger partial charge on any atom is 0.260 e. The fourth-order valence-electron chi connectivity index (χ4n) is 2.64. The van der Waals surface area contributed by atoms with Crippen molar-refractivity contribution in [1.82, 2.24) is 14.9 Å². The molecule has 1 aliphatic rings. The van der Waals surface area contributed by atoms with Crippen LogP contribution >= 0.6 is 11.3 Å². The lowest BCUT2D eigenvalue weighted by atomic mass is 10.2. The minimum Gasteiger partial charge on any atom is -0.480 e. The largest absolute Gasteiger partial charge is 0.480 e. The second-order valence-corrected chi connectivity index (χ2v) is 6.08. The molecule has 5 nitrogen and oxygen atoms in total. The van der Waals surface area contributed by atoms with E-state index in [4.69, 9.17) is 4.74 Å². The number of amides is 1. The zero-order valence-corrected chi connectivity index (χ0v) is 13.1. The van der Waals surface area contributed by atoms with E-state index < -0.39 is 6.17 Å². The van der Waals surface area contributed by atoms with Gasteiger partial charge in [-0.25, -0.2) is 14.4 Å². The molecular weight excluding hydrogens is 305 g/mol. The lowest BCUT2D eigenvalue weighted by Gasteiger charge is -2.23. The van der Waals surface area contributed by atoms with E-state index in [-0.39, 0.29) is 30.8 Å². The van der Waals surface area contributed by atoms with Gasteiger partial charge in [0.15, 0.2) is 0 Å². The Morgan fingerprint density at radius 1 is 1.55 bits per heavy atom. The molecule has 2 aromatic heterocycles. The molecular formula is C15H16FN3O2S. The van der Waals surface area contributed by atoms with E-state index in [1.54, 1.807) is 18.3 Å². The van der Waals surface area contributed by atoms with Crippen LogP contribution in [0, 0.1) is 6.92 Å². The third-order valence-corrected chi connectivity index (χ3v) is 4.69. The van der Waals surface area contributed by atoms with Crippen LogP contribution < -0.4 is 4.74 Å². The van der Waals surface area contributed by atoms with Crippen LogP contribution in [0.2, 0.25) is 0 Å². The Labute approximate surface area is 131 Å². The van der Waals surface area contributed by atoms with Gasteiger partial charge in [-0.2, -0.15) is 0 Å². The van der Waals surface area contributed by atoms with Crippen molar-refractivity contribution < 1.29 is 13.9 Å². The van der Waals surface area contributed by atoms with Gasteiger partial charge in [0.1, 0.15) is 16.7 Å². The number of hydrogen-bond acceptors (Lipinski definition) is 5. The smallest absolute Gasteiger partial charge is 0.260 e. The summed E-state index contributed by atoms with van der Waals surface area (Å²) in [4.78, 5) is 22.8. The van der Waals surface area contributed by atoms with Gasteiger partial charge in [-0.05, 0) is 19.1 Å². The molecule has 0 radical (unpaired) electrons. The van der Waals surface area contributed by atoms with Crippen LogP contribution in [-0.2, 0) is 0 Å². The molecule has 22 heavy (non-hydrogen) atoms. The summed E-state index contributed by atoms with van der Waals surface area (Å²) in [6.07, 6.45) is 0.793.